The third-order valence-electron chi connectivity index (χ3n) is 2.16. The summed E-state index contributed by atoms with van der Waals surface area (Å²) < 4.78 is 6.57. The summed E-state index contributed by atoms with van der Waals surface area (Å²) in [6, 6.07) is 0. The second-order valence-electron chi connectivity index (χ2n) is 3.19. The summed E-state index contributed by atoms with van der Waals surface area (Å²) in [6.45, 7) is 2.44. The van der Waals surface area contributed by atoms with Crippen LogP contribution < -0.4 is 5.73 Å². The predicted octanol–water partition coefficient (Wildman–Crippen LogP) is 0.365. The highest BCUT2D eigenvalue weighted by Crippen LogP contribution is 2.07. The van der Waals surface area contributed by atoms with Gasteiger partial charge in [0.1, 0.15) is 0 Å². The molecule has 6 heteroatoms. The summed E-state index contributed by atoms with van der Waals surface area (Å²) in [5.74, 6) is 0.127. The molecule has 0 saturated heterocycles. The lowest BCUT2D eigenvalue weighted by Crippen LogP contribution is -2.08. The van der Waals surface area contributed by atoms with Gasteiger partial charge in [0.25, 0.3) is 0 Å². The van der Waals surface area contributed by atoms with Crippen LogP contribution in [-0.2, 0) is 11.3 Å². The van der Waals surface area contributed by atoms with E-state index in [4.69, 9.17) is 10.5 Å². The molecule has 0 spiro atoms. The maximum Gasteiger partial charge on any atom is 0.341 e. The second-order valence-corrected chi connectivity index (χ2v) is 3.19. The Labute approximate surface area is 92.1 Å². The molecule has 2 rings (SSSR count). The number of imidazole rings is 1. The number of hydrogen-bond donors (Lipinski definition) is 1. The molecule has 0 aliphatic carbocycles. The molecule has 0 atom stereocenters. The van der Waals surface area contributed by atoms with Gasteiger partial charge in [-0.25, -0.2) is 14.8 Å². The van der Waals surface area contributed by atoms with E-state index in [0.29, 0.717) is 24.5 Å². The van der Waals surface area contributed by atoms with E-state index in [1.165, 1.54) is 6.20 Å². The van der Waals surface area contributed by atoms with Crippen molar-refractivity contribution in [2.75, 3.05) is 6.61 Å². The number of fused-ring (bicyclic) bond motifs is 1. The first-order valence-corrected chi connectivity index (χ1v) is 4.95. The van der Waals surface area contributed by atoms with Gasteiger partial charge in [0, 0.05) is 18.9 Å². The van der Waals surface area contributed by atoms with E-state index in [1.54, 1.807) is 23.7 Å². The van der Waals surface area contributed by atoms with Gasteiger partial charge in [-0.3, -0.25) is 4.40 Å². The van der Waals surface area contributed by atoms with E-state index >= 15 is 0 Å². The maximum absolute atomic E-state index is 11.5. The minimum atomic E-state index is -0.395. The van der Waals surface area contributed by atoms with Crippen LogP contribution in [0.25, 0.3) is 5.78 Å². The maximum atomic E-state index is 11.5. The summed E-state index contributed by atoms with van der Waals surface area (Å²) in [5.41, 5.74) is 6.73. The first kappa shape index (κ1) is 10.6. The third kappa shape index (κ3) is 1.74. The van der Waals surface area contributed by atoms with Gasteiger partial charge in [0.15, 0.2) is 0 Å². The van der Waals surface area contributed by atoms with Crippen LogP contribution in [0.5, 0.6) is 0 Å². The SMILES string of the molecule is CCOC(=O)c1cnc2ncc(CN)n2c1. The Kier molecular flexibility index (Phi) is 2.82. The predicted molar refractivity (Wildman–Crippen MR) is 56.8 cm³/mol. The molecule has 0 aromatic carbocycles. The van der Waals surface area contributed by atoms with Crippen LogP contribution in [0.4, 0.5) is 0 Å². The van der Waals surface area contributed by atoms with E-state index in [2.05, 4.69) is 9.97 Å². The molecule has 0 aliphatic heterocycles. The molecule has 0 aliphatic rings. The molecule has 2 aromatic heterocycles. The number of nitrogens with zero attached hydrogens (tertiary/aromatic N) is 3. The zero-order valence-corrected chi connectivity index (χ0v) is 8.88. The van der Waals surface area contributed by atoms with Crippen molar-refractivity contribution < 1.29 is 9.53 Å². The molecule has 0 fully saturated rings. The van der Waals surface area contributed by atoms with Crippen molar-refractivity contribution in [3.63, 3.8) is 0 Å². The lowest BCUT2D eigenvalue weighted by Gasteiger charge is -2.03. The van der Waals surface area contributed by atoms with Crippen molar-refractivity contribution in [1.82, 2.24) is 14.4 Å². The van der Waals surface area contributed by atoms with Gasteiger partial charge in [-0.15, -0.1) is 0 Å². The quantitative estimate of drug-likeness (QED) is 0.755. The Morgan fingerprint density at radius 3 is 2.94 bits per heavy atom. The molecule has 84 valence electrons. The lowest BCUT2D eigenvalue weighted by molar-refractivity contribution is 0.0525. The van der Waals surface area contributed by atoms with E-state index in [0.717, 1.165) is 5.69 Å². The molecule has 0 bridgehead atoms. The van der Waals surface area contributed by atoms with Crippen molar-refractivity contribution in [1.29, 1.82) is 0 Å². The number of esters is 1. The monoisotopic (exact) mass is 220 g/mol. The van der Waals surface area contributed by atoms with Gasteiger partial charge in [0.2, 0.25) is 5.78 Å². The minimum Gasteiger partial charge on any atom is -0.462 e. The first-order valence-electron chi connectivity index (χ1n) is 4.95. The molecular weight excluding hydrogens is 208 g/mol. The molecule has 2 heterocycles. The largest absolute Gasteiger partial charge is 0.462 e. The van der Waals surface area contributed by atoms with Crippen molar-refractivity contribution >= 4 is 11.7 Å². The Bertz CT molecular complexity index is 521. The van der Waals surface area contributed by atoms with Crippen LogP contribution in [0.2, 0.25) is 0 Å². The van der Waals surface area contributed by atoms with Gasteiger partial charge >= 0.3 is 5.97 Å². The summed E-state index contributed by atoms with van der Waals surface area (Å²) in [6.07, 6.45) is 4.72. The van der Waals surface area contributed by atoms with Crippen molar-refractivity contribution in [2.45, 2.75) is 13.5 Å². The highest BCUT2D eigenvalue weighted by atomic mass is 16.5. The van der Waals surface area contributed by atoms with Crippen LogP contribution in [0.15, 0.2) is 18.6 Å². The van der Waals surface area contributed by atoms with Crippen LogP contribution in [0, 0.1) is 0 Å². The number of ether oxygens (including phenoxy) is 1. The van der Waals surface area contributed by atoms with E-state index in [-0.39, 0.29) is 0 Å². The zero-order chi connectivity index (χ0) is 11.5. The number of nitrogens with two attached hydrogens (primary N) is 1. The fourth-order valence-corrected chi connectivity index (χ4v) is 1.39. The lowest BCUT2D eigenvalue weighted by atomic mass is 10.3. The molecule has 0 amide bonds. The van der Waals surface area contributed by atoms with Crippen LogP contribution in [0.3, 0.4) is 0 Å². The first-order chi connectivity index (χ1) is 7.76. The zero-order valence-electron chi connectivity index (χ0n) is 8.88. The molecule has 2 aromatic rings. The number of aromatic nitrogens is 3. The number of carbonyl (C=O) groups is 1. The standard InChI is InChI=1S/C10H12N4O2/c1-2-16-9(15)7-4-12-10-13-5-8(3-11)14(10)6-7/h4-6H,2-3,11H2,1H3. The van der Waals surface area contributed by atoms with Gasteiger partial charge < -0.3 is 10.5 Å². The van der Waals surface area contributed by atoms with E-state index in [1.807, 2.05) is 0 Å². The third-order valence-corrected chi connectivity index (χ3v) is 2.16. The Morgan fingerprint density at radius 2 is 2.25 bits per heavy atom. The van der Waals surface area contributed by atoms with Crippen molar-refractivity contribution in [2.24, 2.45) is 5.73 Å². The Balaban J connectivity index is 2.45. The summed E-state index contributed by atoms with van der Waals surface area (Å²) in [7, 11) is 0. The number of hydrogen-bond acceptors (Lipinski definition) is 5. The van der Waals surface area contributed by atoms with Crippen molar-refractivity contribution in [3.8, 4) is 0 Å². The molecule has 0 unspecified atom stereocenters. The van der Waals surface area contributed by atoms with E-state index < -0.39 is 5.97 Å². The van der Waals surface area contributed by atoms with Crippen LogP contribution in [0.1, 0.15) is 23.0 Å². The molecular formula is C10H12N4O2. The average molecular weight is 220 g/mol. The molecule has 0 radical (unpaired) electrons. The molecule has 0 saturated carbocycles. The fraction of sp³-hybridized carbons (Fsp3) is 0.300. The van der Waals surface area contributed by atoms with E-state index in [9.17, 15) is 4.79 Å². The Morgan fingerprint density at radius 1 is 1.50 bits per heavy atom. The second kappa shape index (κ2) is 4.28. The molecule has 2 N–H and O–H groups in total. The van der Waals surface area contributed by atoms with Gasteiger partial charge in [0.05, 0.1) is 24.1 Å². The smallest absolute Gasteiger partial charge is 0.341 e. The molecule has 16 heavy (non-hydrogen) atoms. The summed E-state index contributed by atoms with van der Waals surface area (Å²) in [5, 5.41) is 0. The fourth-order valence-electron chi connectivity index (χ4n) is 1.39. The summed E-state index contributed by atoms with van der Waals surface area (Å²) in [4.78, 5) is 19.6. The number of carbonyl (C=O) groups excluding carboxylic acids is 1. The normalized spacial score (nSPS) is 10.6. The average Bonchev–Trinajstić information content (AvgIpc) is 2.71. The number of rotatable bonds is 3. The van der Waals surface area contributed by atoms with Gasteiger partial charge in [-0.2, -0.15) is 0 Å². The highest BCUT2D eigenvalue weighted by molar-refractivity contribution is 5.88. The van der Waals surface area contributed by atoms with Crippen molar-refractivity contribution in [3.05, 3.63) is 29.8 Å². The minimum absolute atomic E-state index is 0.338. The summed E-state index contributed by atoms with van der Waals surface area (Å²) >= 11 is 0. The van der Waals surface area contributed by atoms with Crippen LogP contribution in [-0.4, -0.2) is 26.9 Å². The van der Waals surface area contributed by atoms with Crippen LogP contribution >= 0.6 is 0 Å². The highest BCUT2D eigenvalue weighted by Gasteiger charge is 2.10. The topological polar surface area (TPSA) is 82.5 Å². The van der Waals surface area contributed by atoms with Gasteiger partial charge in [-0.05, 0) is 6.92 Å². The molecule has 6 nitrogen and oxygen atoms in total. The Hall–Kier alpha value is -1.95. The van der Waals surface area contributed by atoms with Gasteiger partial charge in [-0.1, -0.05) is 0 Å².